The van der Waals surface area contributed by atoms with Gasteiger partial charge < -0.3 is 10.0 Å². The minimum absolute atomic E-state index is 0.0104. The number of nitrogens with zero attached hydrogens (tertiary/aromatic N) is 3. The number of non-ortho nitro benzene ring substituents is 1. The molecule has 1 fully saturated rings. The Labute approximate surface area is 140 Å². The number of aliphatic hydroxyl groups excluding tert-OH is 1. The highest BCUT2D eigenvalue weighted by Crippen LogP contribution is 2.26. The second kappa shape index (κ2) is 8.97. The zero-order valence-electron chi connectivity index (χ0n) is 13.5. The van der Waals surface area contributed by atoms with Crippen LogP contribution in [-0.4, -0.2) is 41.8 Å². The van der Waals surface area contributed by atoms with Gasteiger partial charge in [0, 0.05) is 49.5 Å². The lowest BCUT2D eigenvalue weighted by Gasteiger charge is -2.29. The zero-order valence-corrected chi connectivity index (χ0v) is 13.5. The number of anilines is 1. The lowest BCUT2D eigenvalue weighted by atomic mass is 10.1. The van der Waals surface area contributed by atoms with E-state index in [0.717, 1.165) is 31.6 Å². The van der Waals surface area contributed by atoms with Gasteiger partial charge in [-0.3, -0.25) is 14.9 Å². The summed E-state index contributed by atoms with van der Waals surface area (Å²) in [5.41, 5.74) is 3.85. The van der Waals surface area contributed by atoms with Crippen molar-refractivity contribution in [2.75, 3.05) is 24.6 Å². The summed E-state index contributed by atoms with van der Waals surface area (Å²) < 4.78 is 0. The van der Waals surface area contributed by atoms with Crippen LogP contribution in [0.4, 0.5) is 11.4 Å². The normalized spacial score (nSPS) is 14.8. The van der Waals surface area contributed by atoms with Gasteiger partial charge in [-0.1, -0.05) is 0 Å². The molecule has 2 rings (SSSR count). The summed E-state index contributed by atoms with van der Waals surface area (Å²) in [6.07, 6.45) is 5.36. The van der Waals surface area contributed by atoms with E-state index >= 15 is 0 Å². The van der Waals surface area contributed by atoms with E-state index < -0.39 is 4.92 Å². The standard InChI is InChI=1S/C16H22N4O4/c21-10-4-5-16(22)18-17-12-13-11-14(20(23)24)6-7-15(13)19-8-2-1-3-9-19/h6-7,11-12,21H,1-5,8-10H2,(H,18,22). The Morgan fingerprint density at radius 1 is 1.38 bits per heavy atom. The number of benzene rings is 1. The first kappa shape index (κ1) is 17.9. The summed E-state index contributed by atoms with van der Waals surface area (Å²) in [7, 11) is 0. The molecule has 0 atom stereocenters. The van der Waals surface area contributed by atoms with Crippen molar-refractivity contribution in [3.63, 3.8) is 0 Å². The van der Waals surface area contributed by atoms with Crippen LogP contribution in [0.2, 0.25) is 0 Å². The van der Waals surface area contributed by atoms with Gasteiger partial charge in [0.25, 0.3) is 5.69 Å². The fourth-order valence-corrected chi connectivity index (χ4v) is 2.65. The first-order valence-electron chi connectivity index (χ1n) is 8.08. The summed E-state index contributed by atoms with van der Waals surface area (Å²) >= 11 is 0. The van der Waals surface area contributed by atoms with Crippen LogP contribution < -0.4 is 10.3 Å². The molecule has 8 nitrogen and oxygen atoms in total. The predicted molar refractivity (Wildman–Crippen MR) is 91.2 cm³/mol. The number of amides is 1. The number of nitrogens with one attached hydrogen (secondary N) is 1. The van der Waals surface area contributed by atoms with E-state index in [4.69, 9.17) is 5.11 Å². The third kappa shape index (κ3) is 5.02. The van der Waals surface area contributed by atoms with Gasteiger partial charge in [-0.2, -0.15) is 5.10 Å². The lowest BCUT2D eigenvalue weighted by Crippen LogP contribution is -2.30. The number of carbonyl (C=O) groups is 1. The van der Waals surface area contributed by atoms with Crippen molar-refractivity contribution in [3.05, 3.63) is 33.9 Å². The number of hydrogen-bond donors (Lipinski definition) is 2. The minimum atomic E-state index is -0.447. The largest absolute Gasteiger partial charge is 0.396 e. The van der Waals surface area contributed by atoms with Crippen molar-refractivity contribution in [2.24, 2.45) is 5.10 Å². The van der Waals surface area contributed by atoms with Crippen LogP contribution in [0.15, 0.2) is 23.3 Å². The molecule has 8 heteroatoms. The molecule has 0 saturated carbocycles. The quantitative estimate of drug-likeness (QED) is 0.449. The van der Waals surface area contributed by atoms with Crippen LogP contribution in [0.5, 0.6) is 0 Å². The molecule has 0 radical (unpaired) electrons. The molecule has 1 aliphatic rings. The van der Waals surface area contributed by atoms with Crippen molar-refractivity contribution >= 4 is 23.5 Å². The van der Waals surface area contributed by atoms with Gasteiger partial charge in [0.05, 0.1) is 11.1 Å². The average Bonchev–Trinajstić information content (AvgIpc) is 2.60. The lowest BCUT2D eigenvalue weighted by molar-refractivity contribution is -0.384. The Morgan fingerprint density at radius 3 is 2.79 bits per heavy atom. The number of hydrogen-bond acceptors (Lipinski definition) is 6. The van der Waals surface area contributed by atoms with Gasteiger partial charge in [-0.05, 0) is 31.7 Å². The predicted octanol–water partition coefficient (Wildman–Crippen LogP) is 1.81. The first-order valence-corrected chi connectivity index (χ1v) is 8.08. The maximum atomic E-state index is 11.5. The topological polar surface area (TPSA) is 108 Å². The molecule has 1 aromatic rings. The van der Waals surface area contributed by atoms with E-state index in [1.165, 1.54) is 24.8 Å². The van der Waals surface area contributed by atoms with E-state index in [9.17, 15) is 14.9 Å². The van der Waals surface area contributed by atoms with Crippen LogP contribution in [0.1, 0.15) is 37.7 Å². The smallest absolute Gasteiger partial charge is 0.270 e. The van der Waals surface area contributed by atoms with Gasteiger partial charge in [0.15, 0.2) is 0 Å². The number of nitro groups is 1. The highest BCUT2D eigenvalue weighted by molar-refractivity contribution is 5.90. The van der Waals surface area contributed by atoms with E-state index in [-0.39, 0.29) is 24.6 Å². The van der Waals surface area contributed by atoms with Crippen LogP contribution in [-0.2, 0) is 4.79 Å². The molecule has 1 aromatic carbocycles. The molecule has 0 bridgehead atoms. The highest BCUT2D eigenvalue weighted by atomic mass is 16.6. The number of carbonyl (C=O) groups excluding carboxylic acids is 1. The molecular formula is C16H22N4O4. The van der Waals surface area contributed by atoms with E-state index in [1.807, 2.05) is 0 Å². The molecule has 1 heterocycles. The molecule has 1 saturated heterocycles. The maximum Gasteiger partial charge on any atom is 0.270 e. The molecule has 1 aliphatic heterocycles. The van der Waals surface area contributed by atoms with Crippen LogP contribution in [0.3, 0.4) is 0 Å². The monoisotopic (exact) mass is 334 g/mol. The molecule has 1 amide bonds. The molecule has 0 aliphatic carbocycles. The fourth-order valence-electron chi connectivity index (χ4n) is 2.65. The van der Waals surface area contributed by atoms with Gasteiger partial charge >= 0.3 is 0 Å². The second-order valence-electron chi connectivity index (χ2n) is 5.67. The average molecular weight is 334 g/mol. The summed E-state index contributed by atoms with van der Waals surface area (Å²) in [6, 6.07) is 4.69. The van der Waals surface area contributed by atoms with Crippen LogP contribution in [0, 0.1) is 10.1 Å². The Kier molecular flexibility index (Phi) is 6.68. The molecule has 0 unspecified atom stereocenters. The Balaban J connectivity index is 2.16. The number of nitro benzene ring substituents is 1. The number of rotatable bonds is 7. The molecule has 0 aromatic heterocycles. The van der Waals surface area contributed by atoms with E-state index in [2.05, 4.69) is 15.4 Å². The number of hydrazone groups is 1. The van der Waals surface area contributed by atoms with Crippen molar-refractivity contribution in [3.8, 4) is 0 Å². The summed E-state index contributed by atoms with van der Waals surface area (Å²) in [5.74, 6) is -0.301. The Bertz CT molecular complexity index is 612. The van der Waals surface area contributed by atoms with Crippen molar-refractivity contribution in [2.45, 2.75) is 32.1 Å². The molecule has 0 spiro atoms. The molecule has 24 heavy (non-hydrogen) atoms. The summed E-state index contributed by atoms with van der Waals surface area (Å²) in [5, 5.41) is 23.6. The van der Waals surface area contributed by atoms with Crippen molar-refractivity contribution in [1.29, 1.82) is 0 Å². The Hall–Kier alpha value is -2.48. The highest BCUT2D eigenvalue weighted by Gasteiger charge is 2.17. The zero-order chi connectivity index (χ0) is 17.4. The third-order valence-electron chi connectivity index (χ3n) is 3.87. The molecule has 2 N–H and O–H groups in total. The SMILES string of the molecule is O=C(CCCO)NN=Cc1cc([N+](=O)[O-])ccc1N1CCCCC1. The minimum Gasteiger partial charge on any atom is -0.396 e. The molecular weight excluding hydrogens is 312 g/mol. The van der Waals surface area contributed by atoms with Crippen molar-refractivity contribution < 1.29 is 14.8 Å². The van der Waals surface area contributed by atoms with Gasteiger partial charge in [-0.25, -0.2) is 5.43 Å². The number of piperidine rings is 1. The number of aliphatic hydroxyl groups is 1. The van der Waals surface area contributed by atoms with E-state index in [1.54, 1.807) is 6.07 Å². The second-order valence-corrected chi connectivity index (χ2v) is 5.67. The fraction of sp³-hybridized carbons (Fsp3) is 0.500. The van der Waals surface area contributed by atoms with Gasteiger partial charge in [0.1, 0.15) is 0 Å². The van der Waals surface area contributed by atoms with Crippen LogP contribution >= 0.6 is 0 Å². The summed E-state index contributed by atoms with van der Waals surface area (Å²) in [4.78, 5) is 24.2. The van der Waals surface area contributed by atoms with Gasteiger partial charge in [0.2, 0.25) is 5.91 Å². The van der Waals surface area contributed by atoms with E-state index in [0.29, 0.717) is 12.0 Å². The first-order chi connectivity index (χ1) is 11.6. The van der Waals surface area contributed by atoms with Crippen LogP contribution in [0.25, 0.3) is 0 Å². The molecule has 130 valence electrons. The summed E-state index contributed by atoms with van der Waals surface area (Å²) in [6.45, 7) is 1.75. The van der Waals surface area contributed by atoms with Gasteiger partial charge in [-0.15, -0.1) is 0 Å². The van der Waals surface area contributed by atoms with Crippen molar-refractivity contribution in [1.82, 2.24) is 5.43 Å². The maximum absolute atomic E-state index is 11.5. The third-order valence-corrected chi connectivity index (χ3v) is 3.87. The Morgan fingerprint density at radius 2 is 2.12 bits per heavy atom.